The molecule has 2 nitrogen and oxygen atoms in total. The highest BCUT2D eigenvalue weighted by Gasteiger charge is 2.47. The Kier molecular flexibility index (Phi) is 2.77. The molecular formula is C4H5F4NO. The predicted octanol–water partition coefficient (Wildman–Crippen LogP) is 0.415. The van der Waals surface area contributed by atoms with Crippen LogP contribution in [0.1, 0.15) is 0 Å². The molecule has 0 heterocycles. The molecule has 0 saturated heterocycles. The molecule has 0 saturated carbocycles. The van der Waals surface area contributed by atoms with Gasteiger partial charge < -0.3 is 5.73 Å². The zero-order valence-electron chi connectivity index (χ0n) is 4.78. The van der Waals surface area contributed by atoms with Crippen LogP contribution in [-0.4, -0.2) is 24.7 Å². The number of hydrogen-bond acceptors (Lipinski definition) is 2. The van der Waals surface area contributed by atoms with Crippen molar-refractivity contribution in [1.82, 2.24) is 0 Å². The summed E-state index contributed by atoms with van der Waals surface area (Å²) in [7, 11) is 0. The van der Waals surface area contributed by atoms with Gasteiger partial charge in [-0.05, 0) is 0 Å². The van der Waals surface area contributed by atoms with E-state index in [1.165, 1.54) is 0 Å². The van der Waals surface area contributed by atoms with Gasteiger partial charge in [0.25, 0.3) is 0 Å². The van der Waals surface area contributed by atoms with Crippen LogP contribution in [0.4, 0.5) is 17.6 Å². The van der Waals surface area contributed by atoms with E-state index in [1.54, 1.807) is 0 Å². The van der Waals surface area contributed by atoms with E-state index in [1.807, 2.05) is 0 Å². The highest BCUT2D eigenvalue weighted by Crippen LogP contribution is 2.22. The molecule has 0 spiro atoms. The third kappa shape index (κ3) is 1.66. The fraction of sp³-hybridized carbons (Fsp3) is 0.750. The van der Waals surface area contributed by atoms with Crippen LogP contribution in [0.25, 0.3) is 0 Å². The molecule has 0 rings (SSSR count). The van der Waals surface area contributed by atoms with E-state index >= 15 is 0 Å². The Morgan fingerprint density at radius 3 is 2.00 bits per heavy atom. The van der Waals surface area contributed by atoms with Gasteiger partial charge >= 0.3 is 12.3 Å². The fourth-order valence-corrected chi connectivity index (χ4v) is 0.258. The summed E-state index contributed by atoms with van der Waals surface area (Å²) in [5, 5.41) is 0. The lowest BCUT2D eigenvalue weighted by Gasteiger charge is -2.11. The van der Waals surface area contributed by atoms with Crippen LogP contribution in [-0.2, 0) is 4.79 Å². The van der Waals surface area contributed by atoms with Crippen LogP contribution >= 0.6 is 0 Å². The maximum Gasteiger partial charge on any atom is 0.365 e. The lowest BCUT2D eigenvalue weighted by Crippen LogP contribution is -2.40. The first kappa shape index (κ1) is 9.35. The zero-order valence-corrected chi connectivity index (χ0v) is 4.78. The van der Waals surface area contributed by atoms with Gasteiger partial charge in [0.2, 0.25) is 5.78 Å². The summed E-state index contributed by atoms with van der Waals surface area (Å²) in [4.78, 5) is 9.92. The van der Waals surface area contributed by atoms with Crippen molar-refractivity contribution in [3.05, 3.63) is 0 Å². The Labute approximate surface area is 54.0 Å². The molecule has 0 unspecified atom stereocenters. The molecule has 60 valence electrons. The number of hydrogen-bond donors (Lipinski definition) is 1. The highest BCUT2D eigenvalue weighted by molar-refractivity contribution is 5.87. The van der Waals surface area contributed by atoms with Gasteiger partial charge in [0, 0.05) is 0 Å². The molecule has 0 aliphatic carbocycles. The Hall–Kier alpha value is -0.650. The second-order valence-electron chi connectivity index (χ2n) is 1.55. The molecule has 0 bridgehead atoms. The van der Waals surface area contributed by atoms with Gasteiger partial charge in [-0.1, -0.05) is 0 Å². The third-order valence-corrected chi connectivity index (χ3v) is 0.831. The molecular weight excluding hydrogens is 154 g/mol. The molecule has 0 aliphatic rings. The predicted molar refractivity (Wildman–Crippen MR) is 25.0 cm³/mol. The Morgan fingerprint density at radius 1 is 1.50 bits per heavy atom. The SMILES string of the molecule is NCC(=O)C(F)(F)C(F)F. The van der Waals surface area contributed by atoms with Crippen LogP contribution in [0.15, 0.2) is 0 Å². The second kappa shape index (κ2) is 2.96. The Morgan fingerprint density at radius 2 is 1.90 bits per heavy atom. The van der Waals surface area contributed by atoms with Crippen molar-refractivity contribution in [3.8, 4) is 0 Å². The van der Waals surface area contributed by atoms with Crippen LogP contribution < -0.4 is 5.73 Å². The zero-order chi connectivity index (χ0) is 8.36. The number of carbonyl (C=O) groups is 1. The van der Waals surface area contributed by atoms with Gasteiger partial charge in [0.15, 0.2) is 0 Å². The number of alkyl halides is 4. The van der Waals surface area contributed by atoms with Gasteiger partial charge in [-0.2, -0.15) is 8.78 Å². The van der Waals surface area contributed by atoms with Crippen LogP contribution in [0.2, 0.25) is 0 Å². The van der Waals surface area contributed by atoms with E-state index < -0.39 is 24.7 Å². The van der Waals surface area contributed by atoms with Crippen molar-refractivity contribution in [3.63, 3.8) is 0 Å². The fourth-order valence-electron chi connectivity index (χ4n) is 0.258. The Balaban J connectivity index is 4.24. The summed E-state index contributed by atoms with van der Waals surface area (Å²) in [5.74, 6) is -6.53. The van der Waals surface area contributed by atoms with Gasteiger partial charge in [0.05, 0.1) is 6.54 Å². The van der Waals surface area contributed by atoms with E-state index in [2.05, 4.69) is 5.73 Å². The topological polar surface area (TPSA) is 43.1 Å². The quantitative estimate of drug-likeness (QED) is 0.606. The van der Waals surface area contributed by atoms with Crippen molar-refractivity contribution in [1.29, 1.82) is 0 Å². The lowest BCUT2D eigenvalue weighted by atomic mass is 10.2. The average molecular weight is 159 g/mol. The maximum absolute atomic E-state index is 11.8. The maximum atomic E-state index is 11.8. The number of ketones is 1. The Bertz CT molecular complexity index is 135. The van der Waals surface area contributed by atoms with Crippen molar-refractivity contribution in [2.45, 2.75) is 12.3 Å². The second-order valence-corrected chi connectivity index (χ2v) is 1.55. The van der Waals surface area contributed by atoms with Crippen molar-refractivity contribution >= 4 is 5.78 Å². The molecule has 2 N–H and O–H groups in total. The van der Waals surface area contributed by atoms with E-state index in [9.17, 15) is 22.4 Å². The van der Waals surface area contributed by atoms with Crippen molar-refractivity contribution in [2.75, 3.05) is 6.54 Å². The molecule has 0 radical (unpaired) electrons. The largest absolute Gasteiger partial charge is 0.365 e. The molecule has 0 aromatic rings. The molecule has 0 aromatic heterocycles. The minimum Gasteiger partial charge on any atom is -0.324 e. The minimum absolute atomic E-state index is 1.07. The smallest absolute Gasteiger partial charge is 0.324 e. The van der Waals surface area contributed by atoms with Crippen LogP contribution in [0.5, 0.6) is 0 Å². The van der Waals surface area contributed by atoms with E-state index in [0.717, 1.165) is 0 Å². The molecule has 0 aromatic carbocycles. The average Bonchev–Trinajstić information content (AvgIpc) is 1.86. The summed E-state index contributed by atoms with van der Waals surface area (Å²) >= 11 is 0. The van der Waals surface area contributed by atoms with Crippen LogP contribution in [0.3, 0.4) is 0 Å². The van der Waals surface area contributed by atoms with E-state index in [0.29, 0.717) is 0 Å². The number of halogens is 4. The van der Waals surface area contributed by atoms with Gasteiger partial charge in [-0.25, -0.2) is 8.78 Å². The third-order valence-electron chi connectivity index (χ3n) is 0.831. The summed E-state index contributed by atoms with van der Waals surface area (Å²) in [6, 6.07) is 0. The summed E-state index contributed by atoms with van der Waals surface area (Å²) < 4.78 is 46.0. The van der Waals surface area contributed by atoms with Crippen molar-refractivity contribution in [2.24, 2.45) is 5.73 Å². The molecule has 0 fully saturated rings. The number of carbonyl (C=O) groups excluding carboxylic acids is 1. The van der Waals surface area contributed by atoms with Crippen LogP contribution in [0, 0.1) is 0 Å². The normalized spacial score (nSPS) is 12.2. The summed E-state index contributed by atoms with van der Waals surface area (Å²) in [5.41, 5.74) is 4.43. The summed E-state index contributed by atoms with van der Waals surface area (Å²) in [6.07, 6.45) is -3.97. The molecule has 0 atom stereocenters. The number of nitrogens with two attached hydrogens (primary N) is 1. The molecule has 0 amide bonds. The number of Topliss-reactive ketones (excluding diaryl/α,β-unsaturated/α-hetero) is 1. The molecule has 6 heteroatoms. The van der Waals surface area contributed by atoms with Gasteiger partial charge in [-0.3, -0.25) is 4.79 Å². The van der Waals surface area contributed by atoms with E-state index in [-0.39, 0.29) is 0 Å². The van der Waals surface area contributed by atoms with Gasteiger partial charge in [0.1, 0.15) is 0 Å². The first-order valence-corrected chi connectivity index (χ1v) is 2.32. The highest BCUT2D eigenvalue weighted by atomic mass is 19.3. The molecule has 10 heavy (non-hydrogen) atoms. The number of rotatable bonds is 3. The summed E-state index contributed by atoms with van der Waals surface area (Å²) in [6.45, 7) is -1.07. The first-order valence-electron chi connectivity index (χ1n) is 2.32. The first-order chi connectivity index (χ1) is 4.42. The monoisotopic (exact) mass is 159 g/mol. The van der Waals surface area contributed by atoms with E-state index in [4.69, 9.17) is 0 Å². The van der Waals surface area contributed by atoms with Gasteiger partial charge in [-0.15, -0.1) is 0 Å². The standard InChI is InChI=1S/C4H5F4NO/c5-3(6)4(7,8)2(10)1-9/h3H,1,9H2. The lowest BCUT2D eigenvalue weighted by molar-refractivity contribution is -0.165. The minimum atomic E-state index is -4.59. The molecule has 0 aliphatic heterocycles. The van der Waals surface area contributed by atoms with Crippen molar-refractivity contribution < 1.29 is 22.4 Å².